The Balaban J connectivity index is 1.37. The number of carbonyl (C=O) groups excluding carboxylic acids is 2. The highest BCUT2D eigenvalue weighted by Gasteiger charge is 2.51. The Bertz CT molecular complexity index is 703. The molecule has 1 saturated heterocycles. The molecule has 5 aliphatic rings. The van der Waals surface area contributed by atoms with Crippen molar-refractivity contribution in [2.24, 2.45) is 23.7 Å². The number of amides is 1. The number of esters is 1. The van der Waals surface area contributed by atoms with E-state index in [1.165, 1.54) is 51.2 Å². The highest BCUT2D eigenvalue weighted by Crippen LogP contribution is 2.60. The first-order valence-electron chi connectivity index (χ1n) is 10.0. The van der Waals surface area contributed by atoms with Crippen LogP contribution in [0.5, 0.6) is 0 Å². The molecule has 4 aliphatic carbocycles. The van der Waals surface area contributed by atoms with E-state index in [2.05, 4.69) is 24.3 Å². The lowest BCUT2D eigenvalue weighted by molar-refractivity contribution is -0.145. The summed E-state index contributed by atoms with van der Waals surface area (Å²) in [5.41, 5.74) is 2.77. The van der Waals surface area contributed by atoms with E-state index in [-0.39, 0.29) is 24.2 Å². The van der Waals surface area contributed by atoms with E-state index in [0.717, 1.165) is 23.4 Å². The molecular formula is C22H27NO3. The van der Waals surface area contributed by atoms with Crippen LogP contribution in [0.4, 0.5) is 5.69 Å². The van der Waals surface area contributed by atoms with Gasteiger partial charge in [0, 0.05) is 18.7 Å². The van der Waals surface area contributed by atoms with E-state index in [1.807, 2.05) is 0 Å². The number of hydrogen-bond donors (Lipinski definition) is 0. The smallest absolute Gasteiger partial charge is 0.311 e. The standard InChI is InChI=1S/C22H27NO3/c1-26-21(25)17-9-20(24)23(13-17)19-4-2-18(3-5-19)22-10-14-6-15(11-22)8-16(7-14)12-22/h2-5,14-17H,6-13H2,1H3. The van der Waals surface area contributed by atoms with Crippen LogP contribution in [0.2, 0.25) is 0 Å². The molecule has 5 fully saturated rings. The SMILES string of the molecule is COC(=O)C1CC(=O)N(c2ccc(C34CC5CC(CC(C5)C3)C4)cc2)C1. The summed E-state index contributed by atoms with van der Waals surface area (Å²) in [7, 11) is 1.38. The first kappa shape index (κ1) is 16.3. The number of ether oxygens (including phenoxy) is 1. The van der Waals surface area contributed by atoms with Gasteiger partial charge in [0.25, 0.3) is 0 Å². The van der Waals surface area contributed by atoms with Crippen molar-refractivity contribution in [3.63, 3.8) is 0 Å². The summed E-state index contributed by atoms with van der Waals surface area (Å²) < 4.78 is 4.81. The molecule has 6 rings (SSSR count). The van der Waals surface area contributed by atoms with Crippen LogP contribution in [-0.4, -0.2) is 25.5 Å². The summed E-state index contributed by atoms with van der Waals surface area (Å²) in [5.74, 6) is 2.19. The summed E-state index contributed by atoms with van der Waals surface area (Å²) in [4.78, 5) is 25.8. The highest BCUT2D eigenvalue weighted by molar-refractivity contribution is 5.99. The lowest BCUT2D eigenvalue weighted by atomic mass is 9.48. The minimum Gasteiger partial charge on any atom is -0.469 e. The second kappa shape index (κ2) is 5.83. The lowest BCUT2D eigenvalue weighted by Gasteiger charge is -2.57. The first-order chi connectivity index (χ1) is 12.6. The van der Waals surface area contributed by atoms with Crippen LogP contribution in [-0.2, 0) is 19.7 Å². The van der Waals surface area contributed by atoms with Gasteiger partial charge in [0.05, 0.1) is 13.0 Å². The molecule has 26 heavy (non-hydrogen) atoms. The van der Waals surface area contributed by atoms with Crippen molar-refractivity contribution < 1.29 is 14.3 Å². The van der Waals surface area contributed by atoms with Crippen LogP contribution in [0.3, 0.4) is 0 Å². The molecule has 0 spiro atoms. The number of anilines is 1. The van der Waals surface area contributed by atoms with Gasteiger partial charge >= 0.3 is 5.97 Å². The molecule has 4 saturated carbocycles. The molecule has 0 N–H and O–H groups in total. The number of methoxy groups -OCH3 is 1. The van der Waals surface area contributed by atoms with Crippen LogP contribution in [0, 0.1) is 23.7 Å². The minimum atomic E-state index is -0.338. The molecule has 1 unspecified atom stereocenters. The third-order valence-corrected chi connectivity index (χ3v) is 7.49. The maximum Gasteiger partial charge on any atom is 0.311 e. The third kappa shape index (κ3) is 2.49. The Morgan fingerprint density at radius 3 is 2.15 bits per heavy atom. The molecule has 1 heterocycles. The van der Waals surface area contributed by atoms with Crippen molar-refractivity contribution in [3.8, 4) is 0 Å². The Labute approximate surface area is 154 Å². The van der Waals surface area contributed by atoms with Gasteiger partial charge in [-0.25, -0.2) is 0 Å². The van der Waals surface area contributed by atoms with Crippen molar-refractivity contribution in [2.75, 3.05) is 18.6 Å². The fourth-order valence-electron chi connectivity index (χ4n) is 6.74. The van der Waals surface area contributed by atoms with Crippen molar-refractivity contribution in [2.45, 2.75) is 50.4 Å². The predicted octanol–water partition coefficient (Wildman–Crippen LogP) is 3.68. The second-order valence-electron chi connectivity index (χ2n) is 9.17. The lowest BCUT2D eigenvalue weighted by Crippen LogP contribution is -2.48. The monoisotopic (exact) mass is 353 g/mol. The number of nitrogens with zero attached hydrogens (tertiary/aromatic N) is 1. The average Bonchev–Trinajstić information content (AvgIpc) is 3.02. The Morgan fingerprint density at radius 2 is 1.62 bits per heavy atom. The minimum absolute atomic E-state index is 0.0166. The van der Waals surface area contributed by atoms with Gasteiger partial charge in [-0.3, -0.25) is 9.59 Å². The van der Waals surface area contributed by atoms with Crippen molar-refractivity contribution in [3.05, 3.63) is 29.8 Å². The van der Waals surface area contributed by atoms with Crippen LogP contribution in [0.25, 0.3) is 0 Å². The zero-order valence-electron chi connectivity index (χ0n) is 15.4. The van der Waals surface area contributed by atoms with Gasteiger partial charge in [0.1, 0.15) is 0 Å². The predicted molar refractivity (Wildman–Crippen MR) is 98.8 cm³/mol. The van der Waals surface area contributed by atoms with Gasteiger partial charge < -0.3 is 9.64 Å². The number of rotatable bonds is 3. The van der Waals surface area contributed by atoms with E-state index in [9.17, 15) is 9.59 Å². The van der Waals surface area contributed by atoms with Crippen LogP contribution in [0.1, 0.15) is 50.5 Å². The fraction of sp³-hybridized carbons (Fsp3) is 0.636. The number of benzene rings is 1. The first-order valence-corrected chi connectivity index (χ1v) is 10.0. The zero-order valence-corrected chi connectivity index (χ0v) is 15.4. The summed E-state index contributed by atoms with van der Waals surface area (Å²) in [6.07, 6.45) is 8.67. The fourth-order valence-corrected chi connectivity index (χ4v) is 6.74. The van der Waals surface area contributed by atoms with E-state index in [1.54, 1.807) is 4.90 Å². The van der Waals surface area contributed by atoms with Crippen molar-refractivity contribution in [1.29, 1.82) is 0 Å². The van der Waals surface area contributed by atoms with Crippen LogP contribution < -0.4 is 4.90 Å². The molecular weight excluding hydrogens is 326 g/mol. The summed E-state index contributed by atoms with van der Waals surface area (Å²) in [6.45, 7) is 0.433. The molecule has 4 bridgehead atoms. The molecule has 1 aliphatic heterocycles. The van der Waals surface area contributed by atoms with E-state index >= 15 is 0 Å². The number of carbonyl (C=O) groups is 2. The van der Waals surface area contributed by atoms with E-state index in [4.69, 9.17) is 4.74 Å². The molecule has 1 aromatic rings. The van der Waals surface area contributed by atoms with Gasteiger partial charge in [-0.15, -0.1) is 0 Å². The van der Waals surface area contributed by atoms with Crippen LogP contribution >= 0.6 is 0 Å². The van der Waals surface area contributed by atoms with Crippen molar-refractivity contribution in [1.82, 2.24) is 0 Å². The molecule has 0 aromatic heterocycles. The summed E-state index contributed by atoms with van der Waals surface area (Å²) in [6, 6.07) is 8.68. The third-order valence-electron chi connectivity index (χ3n) is 7.49. The molecule has 0 radical (unpaired) electrons. The van der Waals surface area contributed by atoms with Gasteiger partial charge in [-0.05, 0) is 79.4 Å². The molecule has 4 nitrogen and oxygen atoms in total. The molecule has 4 heteroatoms. The largest absolute Gasteiger partial charge is 0.469 e. The van der Waals surface area contributed by atoms with Crippen molar-refractivity contribution >= 4 is 17.6 Å². The maximum absolute atomic E-state index is 12.3. The summed E-state index contributed by atoms with van der Waals surface area (Å²) in [5, 5.41) is 0. The molecule has 138 valence electrons. The molecule has 1 amide bonds. The quantitative estimate of drug-likeness (QED) is 0.779. The van der Waals surface area contributed by atoms with Gasteiger partial charge in [0.15, 0.2) is 0 Å². The van der Waals surface area contributed by atoms with E-state index in [0.29, 0.717) is 12.0 Å². The van der Waals surface area contributed by atoms with Gasteiger partial charge in [-0.2, -0.15) is 0 Å². The highest BCUT2D eigenvalue weighted by atomic mass is 16.5. The summed E-state index contributed by atoms with van der Waals surface area (Å²) >= 11 is 0. The molecule has 1 aromatic carbocycles. The topological polar surface area (TPSA) is 46.6 Å². The average molecular weight is 353 g/mol. The number of hydrogen-bond acceptors (Lipinski definition) is 3. The second-order valence-corrected chi connectivity index (χ2v) is 9.17. The Kier molecular flexibility index (Phi) is 3.67. The molecule has 1 atom stereocenters. The normalized spacial score (nSPS) is 38.0. The Morgan fingerprint density at radius 1 is 1.04 bits per heavy atom. The van der Waals surface area contributed by atoms with Gasteiger partial charge in [-0.1, -0.05) is 12.1 Å². The maximum atomic E-state index is 12.3. The zero-order chi connectivity index (χ0) is 17.9. The van der Waals surface area contributed by atoms with E-state index < -0.39 is 0 Å². The Hall–Kier alpha value is -1.84. The van der Waals surface area contributed by atoms with Gasteiger partial charge in [0.2, 0.25) is 5.91 Å². The van der Waals surface area contributed by atoms with Crippen LogP contribution in [0.15, 0.2) is 24.3 Å².